The van der Waals surface area contributed by atoms with Crippen LogP contribution in [0.1, 0.15) is 62.3 Å². The summed E-state index contributed by atoms with van der Waals surface area (Å²) in [6, 6.07) is 41.4. The molecule has 0 amide bonds. The van der Waals surface area contributed by atoms with Gasteiger partial charge in [-0.1, -0.05) is 77.9 Å². The minimum atomic E-state index is -2.32. The predicted octanol–water partition coefficient (Wildman–Crippen LogP) is 13.2. The summed E-state index contributed by atoms with van der Waals surface area (Å²) in [4.78, 5) is 17.5. The minimum Gasteiger partial charge on any atom is -0.439 e. The summed E-state index contributed by atoms with van der Waals surface area (Å²) in [5, 5.41) is 2.10. The zero-order chi connectivity index (χ0) is 45.6. The molecule has 312 valence electrons. The minimum absolute atomic E-state index is 0.116. The fourth-order valence-electron chi connectivity index (χ4n) is 8.72. The first kappa shape index (κ1) is 35.7. The van der Waals surface area contributed by atoms with E-state index < -0.39 is 6.98 Å². The van der Waals surface area contributed by atoms with Gasteiger partial charge in [0, 0.05) is 82.5 Å². The highest BCUT2D eigenvalue weighted by Gasteiger charge is 2.28. The number of para-hydroxylation sites is 4. The molecule has 2 aliphatic heterocycles. The highest BCUT2D eigenvalue weighted by molar-refractivity contribution is 6.11. The number of hydrogen-bond donors (Lipinski definition) is 0. The summed E-state index contributed by atoms with van der Waals surface area (Å²) in [6.45, 7) is 13.6. The van der Waals surface area contributed by atoms with Gasteiger partial charge in [0.25, 0.3) is 0 Å². The van der Waals surface area contributed by atoms with Crippen LogP contribution in [0.2, 0.25) is 0 Å². The van der Waals surface area contributed by atoms with Gasteiger partial charge in [0.15, 0.2) is 0 Å². The monoisotopic (exact) mass is 822 g/mol. The van der Waals surface area contributed by atoms with Crippen molar-refractivity contribution in [3.05, 3.63) is 150 Å². The van der Waals surface area contributed by atoms with E-state index in [1.54, 1.807) is 12.4 Å². The summed E-state index contributed by atoms with van der Waals surface area (Å²) < 4.78 is 41.1. The Morgan fingerprint density at radius 1 is 0.532 bits per heavy atom. The second kappa shape index (κ2) is 14.6. The van der Waals surface area contributed by atoms with Crippen molar-refractivity contribution in [2.75, 3.05) is 47.0 Å². The van der Waals surface area contributed by atoms with Crippen LogP contribution >= 0.6 is 0 Å². The maximum absolute atomic E-state index is 8.40. The van der Waals surface area contributed by atoms with Crippen molar-refractivity contribution < 1.29 is 13.6 Å². The Kier molecular flexibility index (Phi) is 8.40. The second-order valence-corrected chi connectivity index (χ2v) is 18.5. The summed E-state index contributed by atoms with van der Waals surface area (Å²) in [7, 11) is 2.12. The lowest BCUT2D eigenvalue weighted by Gasteiger charge is -2.22. The van der Waals surface area contributed by atoms with Gasteiger partial charge in [-0.05, 0) is 89.5 Å². The van der Waals surface area contributed by atoms with Gasteiger partial charge in [0.05, 0.1) is 52.8 Å². The number of rotatable bonds is 7. The zero-order valence-electron chi connectivity index (χ0n) is 39.6. The molecule has 10 rings (SSSR count). The molecular formula is C53H53N7O2. The Bertz CT molecular complexity index is 3070. The number of ether oxygens (including phenoxy) is 2. The number of benzene rings is 5. The van der Waals surface area contributed by atoms with Gasteiger partial charge < -0.3 is 33.6 Å². The van der Waals surface area contributed by atoms with Crippen molar-refractivity contribution in [1.82, 2.24) is 14.5 Å². The van der Waals surface area contributed by atoms with Crippen LogP contribution < -0.4 is 29.1 Å². The van der Waals surface area contributed by atoms with E-state index in [-0.39, 0.29) is 17.5 Å². The third-order valence-electron chi connectivity index (χ3n) is 12.2. The van der Waals surface area contributed by atoms with Crippen LogP contribution in [0, 0.1) is 6.92 Å². The lowest BCUT2D eigenvalue weighted by molar-refractivity contribution is 0.432. The molecule has 0 saturated heterocycles. The van der Waals surface area contributed by atoms with E-state index in [1.807, 2.05) is 55.5 Å². The van der Waals surface area contributed by atoms with Gasteiger partial charge in [-0.3, -0.25) is 0 Å². The SMILES string of the molecule is [2H]C([2H])([2H])N1CN(c2ccc3c4ccc(N5CN(C)c6ccccc65)cc4n(-c4cc(Oc5cc(C(C)(C)C)ccn5)c(C)c(Oc5cc(C(C)(C)C)ccn5)c4)c3c2)c2ccccc21. The van der Waals surface area contributed by atoms with Crippen molar-refractivity contribution in [3.8, 4) is 28.9 Å². The van der Waals surface area contributed by atoms with E-state index in [2.05, 4.69) is 151 Å². The van der Waals surface area contributed by atoms with E-state index in [0.29, 0.717) is 35.6 Å². The number of anilines is 6. The first-order chi connectivity index (χ1) is 30.9. The lowest BCUT2D eigenvalue weighted by Crippen LogP contribution is -2.24. The molecule has 62 heavy (non-hydrogen) atoms. The van der Waals surface area contributed by atoms with Crippen LogP contribution in [0.5, 0.6) is 23.3 Å². The average molecular weight is 823 g/mol. The molecule has 0 atom stereocenters. The molecular weight excluding hydrogens is 767 g/mol. The van der Waals surface area contributed by atoms with E-state index >= 15 is 0 Å². The molecule has 9 nitrogen and oxygen atoms in total. The van der Waals surface area contributed by atoms with Crippen LogP contribution in [-0.2, 0) is 10.8 Å². The molecule has 3 aromatic heterocycles. The van der Waals surface area contributed by atoms with Gasteiger partial charge in [-0.15, -0.1) is 0 Å². The molecule has 0 N–H and O–H groups in total. The second-order valence-electron chi connectivity index (χ2n) is 18.5. The fourth-order valence-corrected chi connectivity index (χ4v) is 8.72. The zero-order valence-corrected chi connectivity index (χ0v) is 36.6. The van der Waals surface area contributed by atoms with E-state index in [1.165, 1.54) is 10.6 Å². The third-order valence-corrected chi connectivity index (χ3v) is 12.2. The van der Waals surface area contributed by atoms with Crippen molar-refractivity contribution in [1.29, 1.82) is 0 Å². The Balaban J connectivity index is 1.21. The summed E-state index contributed by atoms with van der Waals surface area (Å²) >= 11 is 0. The highest BCUT2D eigenvalue weighted by Crippen LogP contribution is 2.46. The molecule has 0 saturated carbocycles. The quantitative estimate of drug-likeness (QED) is 0.158. The number of pyridine rings is 2. The smallest absolute Gasteiger partial charge is 0.219 e. The fraction of sp³-hybridized carbons (Fsp3) is 0.245. The van der Waals surface area contributed by atoms with Gasteiger partial charge >= 0.3 is 0 Å². The van der Waals surface area contributed by atoms with Crippen molar-refractivity contribution >= 4 is 55.9 Å². The molecule has 0 unspecified atom stereocenters. The van der Waals surface area contributed by atoms with Crippen LogP contribution in [0.4, 0.5) is 34.1 Å². The first-order valence-electron chi connectivity index (χ1n) is 22.7. The number of nitrogens with zero attached hydrogens (tertiary/aromatic N) is 7. The van der Waals surface area contributed by atoms with Gasteiger partial charge in [-0.2, -0.15) is 0 Å². The highest BCUT2D eigenvalue weighted by atomic mass is 16.5. The van der Waals surface area contributed by atoms with Crippen LogP contribution in [0.25, 0.3) is 27.5 Å². The van der Waals surface area contributed by atoms with Crippen molar-refractivity contribution in [2.45, 2.75) is 59.3 Å². The lowest BCUT2D eigenvalue weighted by atomic mass is 9.88. The predicted molar refractivity (Wildman–Crippen MR) is 255 cm³/mol. The molecule has 8 aromatic rings. The molecule has 0 bridgehead atoms. The summed E-state index contributed by atoms with van der Waals surface area (Å²) in [6.07, 6.45) is 3.59. The molecule has 5 aromatic carbocycles. The number of fused-ring (bicyclic) bond motifs is 5. The Morgan fingerprint density at radius 3 is 1.45 bits per heavy atom. The van der Waals surface area contributed by atoms with Crippen LogP contribution in [-0.4, -0.2) is 41.9 Å². The molecule has 0 spiro atoms. The van der Waals surface area contributed by atoms with Gasteiger partial charge in [0.2, 0.25) is 11.8 Å². The Labute approximate surface area is 368 Å². The van der Waals surface area contributed by atoms with E-state index in [0.717, 1.165) is 66.9 Å². The largest absolute Gasteiger partial charge is 0.439 e. The van der Waals surface area contributed by atoms with Crippen molar-refractivity contribution in [3.63, 3.8) is 0 Å². The maximum atomic E-state index is 8.40. The summed E-state index contributed by atoms with van der Waals surface area (Å²) in [5.41, 5.74) is 11.2. The van der Waals surface area contributed by atoms with Gasteiger partial charge in [-0.25, -0.2) is 9.97 Å². The Hall–Kier alpha value is -7.00. The molecule has 5 heterocycles. The first-order valence-corrected chi connectivity index (χ1v) is 21.2. The number of hydrogen-bond acceptors (Lipinski definition) is 8. The molecule has 0 fully saturated rings. The van der Waals surface area contributed by atoms with Crippen molar-refractivity contribution in [2.24, 2.45) is 0 Å². The topological polar surface area (TPSA) is 62.1 Å². The third kappa shape index (κ3) is 6.82. The molecule has 9 heteroatoms. The number of aromatic nitrogens is 3. The summed E-state index contributed by atoms with van der Waals surface area (Å²) in [5.74, 6) is 2.13. The maximum Gasteiger partial charge on any atom is 0.219 e. The van der Waals surface area contributed by atoms with E-state index in [4.69, 9.17) is 13.6 Å². The normalized spacial score (nSPS) is 14.9. The molecule has 0 radical (unpaired) electrons. The Morgan fingerprint density at radius 2 is 0.984 bits per heavy atom. The van der Waals surface area contributed by atoms with Gasteiger partial charge in [0.1, 0.15) is 11.5 Å². The average Bonchev–Trinajstić information content (AvgIpc) is 3.94. The standard InChI is InChI=1S/C53H53N7O2/c1-34-48(61-50-26-35(22-24-54-50)52(2,3)4)30-39(31-49(34)62-51-27-36(23-25-55-51)53(5,6)7)60-46-28-37(58-32-56(8)42-14-10-12-16-44(42)58)18-20-40(46)41-21-19-38(29-47(41)60)59-33-57(9)43-15-11-13-17-45(43)59/h10-31H,32-33H2,1-9H3/i8D3. The molecule has 2 aliphatic rings. The van der Waals surface area contributed by atoms with Crippen LogP contribution in [0.3, 0.4) is 0 Å². The van der Waals surface area contributed by atoms with Crippen LogP contribution in [0.15, 0.2) is 134 Å². The van der Waals surface area contributed by atoms with E-state index in [9.17, 15) is 0 Å². The molecule has 0 aliphatic carbocycles.